The number of hydrogen-bond acceptors (Lipinski definition) is 5. The number of carbonyl (C=O) groups is 1. The van der Waals surface area contributed by atoms with Crippen molar-refractivity contribution in [2.75, 3.05) is 20.3 Å². The molecule has 1 heterocycles. The summed E-state index contributed by atoms with van der Waals surface area (Å²) in [6.07, 6.45) is 5.05. The lowest BCUT2D eigenvalue weighted by Crippen LogP contribution is -2.41. The maximum Gasteiger partial charge on any atom is 0.374 e. The molecule has 0 amide bonds. The smallest absolute Gasteiger partial charge is 0.374 e. The van der Waals surface area contributed by atoms with Crippen molar-refractivity contribution < 1.29 is 19.1 Å². The van der Waals surface area contributed by atoms with Crippen LogP contribution >= 0.6 is 0 Å². The van der Waals surface area contributed by atoms with Crippen LogP contribution in [0.15, 0.2) is 16.7 Å². The summed E-state index contributed by atoms with van der Waals surface area (Å²) in [5.41, 5.74) is 0.821. The average molecular weight is 253 g/mol. The maximum atomic E-state index is 11.5. The van der Waals surface area contributed by atoms with Gasteiger partial charge in [0, 0.05) is 24.7 Å². The Morgan fingerprint density at radius 2 is 2.39 bits per heavy atom. The zero-order chi connectivity index (χ0) is 13.0. The normalized spacial score (nSPS) is 15.7. The van der Waals surface area contributed by atoms with Crippen LogP contribution in [0.2, 0.25) is 0 Å². The second-order valence-electron chi connectivity index (χ2n) is 4.55. The fraction of sp³-hybridized carbons (Fsp3) is 0.615. The Morgan fingerprint density at radius 1 is 1.61 bits per heavy atom. The van der Waals surface area contributed by atoms with E-state index in [9.17, 15) is 4.79 Å². The van der Waals surface area contributed by atoms with Crippen LogP contribution in [0.5, 0.6) is 0 Å². The molecule has 0 saturated heterocycles. The van der Waals surface area contributed by atoms with E-state index in [0.717, 1.165) is 18.4 Å². The number of nitrogens with zero attached hydrogens (tertiary/aromatic N) is 1. The molecule has 1 aromatic heterocycles. The molecule has 1 fully saturated rings. The van der Waals surface area contributed by atoms with E-state index >= 15 is 0 Å². The predicted octanol–water partition coefficient (Wildman–Crippen LogP) is 1.41. The lowest BCUT2D eigenvalue weighted by Gasteiger charge is -2.37. The van der Waals surface area contributed by atoms with Crippen LogP contribution in [-0.2, 0) is 11.3 Å². The molecule has 100 valence electrons. The van der Waals surface area contributed by atoms with Crippen molar-refractivity contribution in [2.45, 2.75) is 31.8 Å². The van der Waals surface area contributed by atoms with Gasteiger partial charge in [0.2, 0.25) is 5.76 Å². The van der Waals surface area contributed by atoms with E-state index in [1.54, 1.807) is 6.07 Å². The molecule has 1 aliphatic carbocycles. The summed E-state index contributed by atoms with van der Waals surface area (Å²) in [5, 5.41) is 9.10. The summed E-state index contributed by atoms with van der Waals surface area (Å²) in [4.78, 5) is 13.7. The third-order valence-corrected chi connectivity index (χ3v) is 3.47. The van der Waals surface area contributed by atoms with Crippen LogP contribution in [0, 0.1) is 0 Å². The summed E-state index contributed by atoms with van der Waals surface area (Å²) >= 11 is 0. The van der Waals surface area contributed by atoms with E-state index in [0.29, 0.717) is 19.1 Å². The van der Waals surface area contributed by atoms with Crippen molar-refractivity contribution >= 4 is 5.97 Å². The Morgan fingerprint density at radius 3 is 2.94 bits per heavy atom. The van der Waals surface area contributed by atoms with E-state index in [1.807, 2.05) is 0 Å². The highest BCUT2D eigenvalue weighted by atomic mass is 16.5. The molecule has 0 atom stereocenters. The molecule has 0 aromatic carbocycles. The molecular weight excluding hydrogens is 234 g/mol. The Hall–Kier alpha value is -1.33. The van der Waals surface area contributed by atoms with E-state index < -0.39 is 5.97 Å². The van der Waals surface area contributed by atoms with Crippen molar-refractivity contribution in [1.82, 2.24) is 4.90 Å². The highest BCUT2D eigenvalue weighted by Crippen LogP contribution is 2.27. The zero-order valence-electron chi connectivity index (χ0n) is 10.6. The van der Waals surface area contributed by atoms with Crippen LogP contribution in [-0.4, -0.2) is 42.3 Å². The number of ether oxygens (including phenoxy) is 1. The van der Waals surface area contributed by atoms with E-state index in [-0.39, 0.29) is 12.4 Å². The number of aliphatic hydroxyl groups excluding tert-OH is 1. The molecule has 0 spiro atoms. The molecule has 1 N–H and O–H groups in total. The van der Waals surface area contributed by atoms with Crippen LogP contribution in [0.1, 0.15) is 35.4 Å². The quantitative estimate of drug-likeness (QED) is 0.777. The second kappa shape index (κ2) is 6.02. The molecule has 5 heteroatoms. The van der Waals surface area contributed by atoms with Crippen LogP contribution in [0.25, 0.3) is 0 Å². The molecule has 1 saturated carbocycles. The van der Waals surface area contributed by atoms with Crippen LogP contribution < -0.4 is 0 Å². The van der Waals surface area contributed by atoms with Crippen molar-refractivity contribution in [3.8, 4) is 0 Å². The summed E-state index contributed by atoms with van der Waals surface area (Å²) in [6.45, 7) is 1.37. The van der Waals surface area contributed by atoms with Gasteiger partial charge in [0.1, 0.15) is 0 Å². The van der Waals surface area contributed by atoms with Gasteiger partial charge in [0.15, 0.2) is 0 Å². The minimum Gasteiger partial charge on any atom is -0.463 e. The first-order valence-corrected chi connectivity index (χ1v) is 6.26. The molecule has 0 radical (unpaired) electrons. The highest BCUT2D eigenvalue weighted by molar-refractivity contribution is 5.87. The van der Waals surface area contributed by atoms with Gasteiger partial charge < -0.3 is 14.3 Å². The lowest BCUT2D eigenvalue weighted by atomic mass is 9.91. The summed E-state index contributed by atoms with van der Waals surface area (Å²) < 4.78 is 9.84. The standard InChI is InChI=1S/C13H19NO4/c1-17-13(16)12-10(5-8-18-12)9-14(6-7-15)11-3-2-4-11/h5,8,11,15H,2-4,6-7,9H2,1H3. The van der Waals surface area contributed by atoms with E-state index in [1.165, 1.54) is 19.8 Å². The van der Waals surface area contributed by atoms with Crippen molar-refractivity contribution in [3.63, 3.8) is 0 Å². The molecular formula is C13H19NO4. The van der Waals surface area contributed by atoms with E-state index in [2.05, 4.69) is 9.64 Å². The number of methoxy groups -OCH3 is 1. The Kier molecular flexibility index (Phi) is 4.38. The van der Waals surface area contributed by atoms with Gasteiger partial charge in [-0.25, -0.2) is 4.79 Å². The summed E-state index contributed by atoms with van der Waals surface area (Å²) in [7, 11) is 1.34. The fourth-order valence-corrected chi connectivity index (χ4v) is 2.22. The molecule has 1 aromatic rings. The Balaban J connectivity index is 2.06. The van der Waals surface area contributed by atoms with Gasteiger partial charge in [0.05, 0.1) is 20.0 Å². The van der Waals surface area contributed by atoms with Gasteiger partial charge in [-0.05, 0) is 18.9 Å². The van der Waals surface area contributed by atoms with Gasteiger partial charge in [0.25, 0.3) is 0 Å². The largest absolute Gasteiger partial charge is 0.463 e. The lowest BCUT2D eigenvalue weighted by molar-refractivity contribution is 0.0556. The average Bonchev–Trinajstić information content (AvgIpc) is 2.74. The molecule has 5 nitrogen and oxygen atoms in total. The van der Waals surface area contributed by atoms with Gasteiger partial charge in [-0.15, -0.1) is 0 Å². The molecule has 18 heavy (non-hydrogen) atoms. The number of rotatable bonds is 6. The van der Waals surface area contributed by atoms with Gasteiger partial charge in [-0.2, -0.15) is 0 Å². The Bertz CT molecular complexity index is 397. The Labute approximate surface area is 106 Å². The fourth-order valence-electron chi connectivity index (χ4n) is 2.22. The van der Waals surface area contributed by atoms with Gasteiger partial charge >= 0.3 is 5.97 Å². The van der Waals surface area contributed by atoms with E-state index in [4.69, 9.17) is 9.52 Å². The highest BCUT2D eigenvalue weighted by Gasteiger charge is 2.26. The monoisotopic (exact) mass is 253 g/mol. The maximum absolute atomic E-state index is 11.5. The minimum absolute atomic E-state index is 0.127. The van der Waals surface area contributed by atoms with Gasteiger partial charge in [-0.1, -0.05) is 6.42 Å². The number of hydrogen-bond donors (Lipinski definition) is 1. The summed E-state index contributed by atoms with van der Waals surface area (Å²) in [5.74, 6) is -0.188. The second-order valence-corrected chi connectivity index (χ2v) is 4.55. The molecule has 1 aliphatic rings. The van der Waals surface area contributed by atoms with Crippen molar-refractivity contribution in [1.29, 1.82) is 0 Å². The van der Waals surface area contributed by atoms with Crippen LogP contribution in [0.4, 0.5) is 0 Å². The number of carbonyl (C=O) groups excluding carboxylic acids is 1. The van der Waals surface area contributed by atoms with Gasteiger partial charge in [-0.3, -0.25) is 4.90 Å². The predicted molar refractivity (Wildman–Crippen MR) is 65.2 cm³/mol. The first-order valence-electron chi connectivity index (χ1n) is 6.26. The first kappa shape index (κ1) is 13.1. The third kappa shape index (κ3) is 2.73. The van der Waals surface area contributed by atoms with Crippen molar-refractivity contribution in [3.05, 3.63) is 23.7 Å². The number of aliphatic hydroxyl groups is 1. The molecule has 0 bridgehead atoms. The number of furan rings is 1. The molecule has 0 aliphatic heterocycles. The number of esters is 1. The zero-order valence-corrected chi connectivity index (χ0v) is 10.6. The topological polar surface area (TPSA) is 62.9 Å². The minimum atomic E-state index is -0.451. The third-order valence-electron chi connectivity index (χ3n) is 3.47. The molecule has 2 rings (SSSR count). The van der Waals surface area contributed by atoms with Crippen LogP contribution in [0.3, 0.4) is 0 Å². The first-order chi connectivity index (χ1) is 8.76. The summed E-state index contributed by atoms with van der Waals surface area (Å²) in [6, 6.07) is 2.30. The van der Waals surface area contributed by atoms with Crippen molar-refractivity contribution in [2.24, 2.45) is 0 Å². The molecule has 0 unspecified atom stereocenters. The SMILES string of the molecule is COC(=O)c1occc1CN(CCO)C1CCC1.